The first-order valence-electron chi connectivity index (χ1n) is 7.91. The van der Waals surface area contributed by atoms with E-state index in [-0.39, 0.29) is 5.82 Å². The Morgan fingerprint density at radius 3 is 2.70 bits per heavy atom. The van der Waals surface area contributed by atoms with Gasteiger partial charge in [0.25, 0.3) is 0 Å². The van der Waals surface area contributed by atoms with E-state index in [2.05, 4.69) is 30.1 Å². The Kier molecular flexibility index (Phi) is 3.97. The van der Waals surface area contributed by atoms with E-state index in [1.54, 1.807) is 6.07 Å². The second kappa shape index (κ2) is 5.72. The highest BCUT2D eigenvalue weighted by molar-refractivity contribution is 5.54. The Morgan fingerprint density at radius 2 is 2.00 bits per heavy atom. The average molecular weight is 276 g/mol. The smallest absolute Gasteiger partial charge is 0.129 e. The number of benzene rings is 1. The van der Waals surface area contributed by atoms with Crippen molar-refractivity contribution in [3.8, 4) is 0 Å². The summed E-state index contributed by atoms with van der Waals surface area (Å²) < 4.78 is 14.2. The average Bonchev–Trinajstić information content (AvgIpc) is 3.24. The zero-order valence-corrected chi connectivity index (χ0v) is 12.5. The van der Waals surface area contributed by atoms with Crippen LogP contribution in [0.1, 0.15) is 38.7 Å². The Labute approximate surface area is 121 Å². The van der Waals surface area contributed by atoms with Gasteiger partial charge in [0.15, 0.2) is 0 Å². The van der Waals surface area contributed by atoms with Crippen LogP contribution in [0.25, 0.3) is 0 Å². The number of anilines is 1. The van der Waals surface area contributed by atoms with Crippen molar-refractivity contribution in [1.29, 1.82) is 0 Å². The topological polar surface area (TPSA) is 15.3 Å². The van der Waals surface area contributed by atoms with Gasteiger partial charge in [-0.05, 0) is 43.2 Å². The van der Waals surface area contributed by atoms with Gasteiger partial charge >= 0.3 is 0 Å². The Morgan fingerprint density at radius 1 is 1.20 bits per heavy atom. The summed E-state index contributed by atoms with van der Waals surface area (Å²) >= 11 is 0. The first-order chi connectivity index (χ1) is 9.65. The highest BCUT2D eigenvalue weighted by atomic mass is 19.1. The highest BCUT2D eigenvalue weighted by Gasteiger charge is 2.26. The zero-order valence-electron chi connectivity index (χ0n) is 12.5. The number of nitrogens with one attached hydrogen (secondary N) is 1. The maximum Gasteiger partial charge on any atom is 0.129 e. The van der Waals surface area contributed by atoms with Crippen molar-refractivity contribution in [3.05, 3.63) is 29.6 Å². The van der Waals surface area contributed by atoms with Gasteiger partial charge in [-0.25, -0.2) is 4.39 Å². The minimum atomic E-state index is -0.0677. The Hall–Kier alpha value is -1.09. The molecule has 3 heteroatoms. The predicted molar refractivity (Wildman–Crippen MR) is 81.4 cm³/mol. The number of rotatable bonds is 4. The molecular formula is C17H25FN2. The van der Waals surface area contributed by atoms with Crippen LogP contribution in [0.2, 0.25) is 0 Å². The molecule has 0 spiro atoms. The normalized spacial score (nSPS) is 26.9. The fourth-order valence-electron chi connectivity index (χ4n) is 3.03. The quantitative estimate of drug-likeness (QED) is 0.904. The third-order valence-corrected chi connectivity index (χ3v) is 4.91. The lowest BCUT2D eigenvalue weighted by atomic mass is 9.88. The van der Waals surface area contributed by atoms with Crippen LogP contribution in [0.4, 0.5) is 10.1 Å². The molecule has 1 heterocycles. The second-order valence-electron chi connectivity index (χ2n) is 6.58. The van der Waals surface area contributed by atoms with Crippen molar-refractivity contribution >= 4 is 5.69 Å². The van der Waals surface area contributed by atoms with Gasteiger partial charge in [0.2, 0.25) is 0 Å². The molecule has 2 fully saturated rings. The van der Waals surface area contributed by atoms with E-state index in [4.69, 9.17) is 0 Å². The lowest BCUT2D eigenvalue weighted by Crippen LogP contribution is -2.39. The van der Waals surface area contributed by atoms with Crippen molar-refractivity contribution in [1.82, 2.24) is 5.32 Å². The lowest BCUT2D eigenvalue weighted by molar-refractivity contribution is 0.323. The summed E-state index contributed by atoms with van der Waals surface area (Å²) in [6, 6.07) is 6.12. The summed E-state index contributed by atoms with van der Waals surface area (Å²) in [4.78, 5) is 2.37. The standard InChI is InChI=1S/C17H25FN2/c1-12-8-9-20(11-13(12)2)17-5-3-4-16(18)15(17)10-19-14-6-7-14/h3-5,12-14,19H,6-11H2,1-2H3. The SMILES string of the molecule is CC1CCN(c2cccc(F)c2CNC2CC2)CC1C. The molecule has 1 N–H and O–H groups in total. The summed E-state index contributed by atoms with van der Waals surface area (Å²) in [6.45, 7) is 7.38. The van der Waals surface area contributed by atoms with Gasteiger partial charge in [-0.1, -0.05) is 19.9 Å². The molecule has 1 saturated heterocycles. The van der Waals surface area contributed by atoms with Crippen LogP contribution >= 0.6 is 0 Å². The first kappa shape index (κ1) is 13.9. The molecule has 1 aliphatic heterocycles. The van der Waals surface area contributed by atoms with Gasteiger partial charge in [0.1, 0.15) is 5.82 Å². The van der Waals surface area contributed by atoms with E-state index in [9.17, 15) is 4.39 Å². The van der Waals surface area contributed by atoms with Crippen LogP contribution in [0.3, 0.4) is 0 Å². The number of halogens is 1. The van der Waals surface area contributed by atoms with Crippen molar-refractivity contribution in [2.45, 2.75) is 45.7 Å². The second-order valence-corrected chi connectivity index (χ2v) is 6.58. The van der Waals surface area contributed by atoms with Crippen molar-refractivity contribution in [3.63, 3.8) is 0 Å². The summed E-state index contributed by atoms with van der Waals surface area (Å²) in [5.41, 5.74) is 1.94. The van der Waals surface area contributed by atoms with Crippen LogP contribution in [0, 0.1) is 17.7 Å². The van der Waals surface area contributed by atoms with E-state index in [1.807, 2.05) is 6.07 Å². The lowest BCUT2D eigenvalue weighted by Gasteiger charge is -2.38. The summed E-state index contributed by atoms with van der Waals surface area (Å²) in [5.74, 6) is 1.38. The van der Waals surface area contributed by atoms with E-state index < -0.39 is 0 Å². The fourth-order valence-corrected chi connectivity index (χ4v) is 3.03. The molecule has 2 atom stereocenters. The molecule has 1 saturated carbocycles. The van der Waals surface area contributed by atoms with Crippen molar-refractivity contribution in [2.75, 3.05) is 18.0 Å². The van der Waals surface area contributed by atoms with Crippen LogP contribution in [0.5, 0.6) is 0 Å². The van der Waals surface area contributed by atoms with Crippen LogP contribution in [-0.2, 0) is 6.54 Å². The molecule has 110 valence electrons. The Balaban J connectivity index is 1.78. The number of nitrogens with zero attached hydrogens (tertiary/aromatic N) is 1. The van der Waals surface area contributed by atoms with Gasteiger partial charge in [-0.15, -0.1) is 0 Å². The molecule has 0 amide bonds. The van der Waals surface area contributed by atoms with E-state index >= 15 is 0 Å². The highest BCUT2D eigenvalue weighted by Crippen LogP contribution is 2.31. The number of hydrogen-bond donors (Lipinski definition) is 1. The summed E-state index contributed by atoms with van der Waals surface area (Å²) in [7, 11) is 0. The van der Waals surface area contributed by atoms with E-state index in [1.165, 1.54) is 19.3 Å². The van der Waals surface area contributed by atoms with Crippen molar-refractivity contribution < 1.29 is 4.39 Å². The molecule has 0 aromatic heterocycles. The molecule has 2 aliphatic rings. The van der Waals surface area contributed by atoms with Gasteiger partial charge in [0, 0.05) is 36.9 Å². The molecule has 1 aromatic rings. The summed E-state index contributed by atoms with van der Waals surface area (Å²) in [5, 5.41) is 3.45. The van der Waals surface area contributed by atoms with E-state index in [0.717, 1.165) is 30.3 Å². The number of piperidine rings is 1. The molecule has 2 nitrogen and oxygen atoms in total. The van der Waals surface area contributed by atoms with Gasteiger partial charge < -0.3 is 10.2 Å². The molecule has 1 aliphatic carbocycles. The van der Waals surface area contributed by atoms with Crippen LogP contribution in [0.15, 0.2) is 18.2 Å². The monoisotopic (exact) mass is 276 g/mol. The minimum absolute atomic E-state index is 0.0677. The maximum atomic E-state index is 14.2. The van der Waals surface area contributed by atoms with Crippen LogP contribution < -0.4 is 10.2 Å². The molecule has 3 rings (SSSR count). The predicted octanol–water partition coefficient (Wildman–Crippen LogP) is 3.56. The van der Waals surface area contributed by atoms with Gasteiger partial charge in [-0.2, -0.15) is 0 Å². The molecule has 20 heavy (non-hydrogen) atoms. The maximum absolute atomic E-state index is 14.2. The Bertz CT molecular complexity index is 470. The number of hydrogen-bond acceptors (Lipinski definition) is 2. The third-order valence-electron chi connectivity index (χ3n) is 4.91. The molecule has 2 unspecified atom stereocenters. The van der Waals surface area contributed by atoms with Gasteiger partial charge in [-0.3, -0.25) is 0 Å². The molecule has 1 aromatic carbocycles. The largest absolute Gasteiger partial charge is 0.371 e. The third kappa shape index (κ3) is 2.98. The zero-order chi connectivity index (χ0) is 14.1. The first-order valence-corrected chi connectivity index (χ1v) is 7.91. The molecular weight excluding hydrogens is 251 g/mol. The van der Waals surface area contributed by atoms with Gasteiger partial charge in [0.05, 0.1) is 0 Å². The van der Waals surface area contributed by atoms with Crippen molar-refractivity contribution in [2.24, 2.45) is 11.8 Å². The molecule has 0 radical (unpaired) electrons. The molecule has 0 bridgehead atoms. The van der Waals surface area contributed by atoms with E-state index in [0.29, 0.717) is 18.5 Å². The van der Waals surface area contributed by atoms with Crippen LogP contribution in [-0.4, -0.2) is 19.1 Å². The fraction of sp³-hybridized carbons (Fsp3) is 0.647. The summed E-state index contributed by atoms with van der Waals surface area (Å²) in [6.07, 6.45) is 3.68. The minimum Gasteiger partial charge on any atom is -0.371 e.